The highest BCUT2D eigenvalue weighted by molar-refractivity contribution is 7.81. The molecule has 0 amide bonds. The zero-order valence-electron chi connectivity index (χ0n) is 11.5. The Balaban J connectivity index is 3.81. The van der Waals surface area contributed by atoms with Crippen molar-refractivity contribution in [3.8, 4) is 0 Å². The summed E-state index contributed by atoms with van der Waals surface area (Å²) in [6.07, 6.45) is 1.19. The second kappa shape index (κ2) is 5.55. The minimum absolute atomic E-state index is 0.0136. The average Bonchev–Trinajstić information content (AvgIpc) is 2.00. The molecule has 92 valence electrons. The lowest BCUT2D eigenvalue weighted by Crippen LogP contribution is -2.41. The molecule has 0 bridgehead atoms. The van der Waals surface area contributed by atoms with Gasteiger partial charge >= 0.3 is 0 Å². The first kappa shape index (κ1) is 15.3. The molecular weight excluding hydrogens is 204 g/mol. The summed E-state index contributed by atoms with van der Waals surface area (Å²) in [4.78, 5) is 4.67. The third-order valence-corrected chi connectivity index (χ3v) is 3.41. The van der Waals surface area contributed by atoms with Gasteiger partial charge < -0.3 is 4.90 Å². The minimum Gasteiger partial charge on any atom is -0.301 e. The van der Waals surface area contributed by atoms with E-state index in [1.807, 2.05) is 0 Å². The molecule has 0 N–H and O–H groups in total. The number of hydrogen-bond acceptors (Lipinski definition) is 3. The Kier molecular flexibility index (Phi) is 5.65. The van der Waals surface area contributed by atoms with Crippen LogP contribution in [-0.2, 0) is 0 Å². The van der Waals surface area contributed by atoms with E-state index in [1.165, 1.54) is 6.42 Å². The standard InChI is InChI=1S/C12H28N2S/c1-11(2,3)13(6)9-8-10-14(7)12(4,5)15/h15H,8-10H2,1-7H3. The third kappa shape index (κ3) is 6.44. The first-order valence-corrected chi connectivity index (χ1v) is 6.14. The van der Waals surface area contributed by atoms with Gasteiger partial charge in [-0.25, -0.2) is 0 Å². The van der Waals surface area contributed by atoms with Crippen molar-refractivity contribution < 1.29 is 0 Å². The third-order valence-electron chi connectivity index (χ3n) is 3.07. The average molecular weight is 232 g/mol. The maximum atomic E-state index is 4.54. The Morgan fingerprint density at radius 2 is 1.27 bits per heavy atom. The van der Waals surface area contributed by atoms with Crippen molar-refractivity contribution in [2.24, 2.45) is 0 Å². The van der Waals surface area contributed by atoms with Crippen LogP contribution in [0.25, 0.3) is 0 Å². The maximum Gasteiger partial charge on any atom is 0.0580 e. The molecule has 0 aromatic carbocycles. The molecule has 0 aromatic rings. The van der Waals surface area contributed by atoms with Crippen molar-refractivity contribution in [1.29, 1.82) is 0 Å². The van der Waals surface area contributed by atoms with Crippen LogP contribution in [0.4, 0.5) is 0 Å². The summed E-state index contributed by atoms with van der Waals surface area (Å²) in [5.41, 5.74) is 0.273. The summed E-state index contributed by atoms with van der Waals surface area (Å²) in [6.45, 7) is 13.2. The smallest absolute Gasteiger partial charge is 0.0580 e. The molecule has 0 rings (SSSR count). The zero-order chi connectivity index (χ0) is 12.3. The van der Waals surface area contributed by atoms with E-state index in [0.717, 1.165) is 13.1 Å². The van der Waals surface area contributed by atoms with Gasteiger partial charge in [0.05, 0.1) is 4.87 Å². The predicted octanol–water partition coefficient (Wildman–Crippen LogP) is 2.70. The van der Waals surface area contributed by atoms with Crippen molar-refractivity contribution in [3.63, 3.8) is 0 Å². The van der Waals surface area contributed by atoms with Gasteiger partial charge in [-0.3, -0.25) is 4.90 Å². The summed E-state index contributed by atoms with van der Waals surface area (Å²) in [6, 6.07) is 0. The number of thiol groups is 1. The van der Waals surface area contributed by atoms with Crippen molar-refractivity contribution in [2.45, 2.75) is 51.4 Å². The highest BCUT2D eigenvalue weighted by atomic mass is 32.1. The summed E-state index contributed by atoms with van der Waals surface area (Å²) in [7, 11) is 4.32. The van der Waals surface area contributed by atoms with E-state index in [1.54, 1.807) is 0 Å². The van der Waals surface area contributed by atoms with Gasteiger partial charge in [-0.05, 0) is 61.7 Å². The summed E-state index contributed by atoms with van der Waals surface area (Å²) < 4.78 is 0. The van der Waals surface area contributed by atoms with Crippen molar-refractivity contribution in [3.05, 3.63) is 0 Å². The molecule has 3 heteroatoms. The summed E-state index contributed by atoms with van der Waals surface area (Å²) >= 11 is 4.54. The first-order chi connectivity index (χ1) is 6.55. The Morgan fingerprint density at radius 1 is 0.867 bits per heavy atom. The van der Waals surface area contributed by atoms with E-state index >= 15 is 0 Å². The van der Waals surface area contributed by atoms with Crippen LogP contribution >= 0.6 is 12.6 Å². The number of rotatable bonds is 5. The van der Waals surface area contributed by atoms with Gasteiger partial charge in [0.15, 0.2) is 0 Å². The molecule has 0 saturated carbocycles. The number of hydrogen-bond donors (Lipinski definition) is 1. The molecule has 0 unspecified atom stereocenters. The number of nitrogens with zero attached hydrogens (tertiary/aromatic N) is 2. The van der Waals surface area contributed by atoms with Crippen LogP contribution in [0.1, 0.15) is 41.0 Å². The van der Waals surface area contributed by atoms with Gasteiger partial charge in [-0.2, -0.15) is 12.6 Å². The summed E-state index contributed by atoms with van der Waals surface area (Å²) in [5.74, 6) is 0. The molecule has 0 aliphatic carbocycles. The molecule has 0 fully saturated rings. The second-order valence-electron chi connectivity index (χ2n) is 5.86. The highest BCUT2D eigenvalue weighted by Gasteiger charge is 2.19. The van der Waals surface area contributed by atoms with Crippen molar-refractivity contribution in [2.75, 3.05) is 27.2 Å². The molecule has 0 spiro atoms. The van der Waals surface area contributed by atoms with Gasteiger partial charge in [0, 0.05) is 12.1 Å². The highest BCUT2D eigenvalue weighted by Crippen LogP contribution is 2.17. The molecule has 0 atom stereocenters. The minimum atomic E-state index is -0.0136. The Bertz CT molecular complexity index is 159. The maximum absolute atomic E-state index is 4.54. The molecule has 0 aliphatic rings. The first-order valence-electron chi connectivity index (χ1n) is 5.70. The molecule has 0 aromatic heterocycles. The van der Waals surface area contributed by atoms with Crippen LogP contribution < -0.4 is 0 Å². The predicted molar refractivity (Wildman–Crippen MR) is 72.7 cm³/mol. The van der Waals surface area contributed by atoms with Crippen LogP contribution in [-0.4, -0.2) is 47.4 Å². The molecule has 0 aliphatic heterocycles. The van der Waals surface area contributed by atoms with E-state index in [0.29, 0.717) is 0 Å². The van der Waals surface area contributed by atoms with Gasteiger partial charge in [0.25, 0.3) is 0 Å². The fourth-order valence-electron chi connectivity index (χ4n) is 1.15. The molecule has 15 heavy (non-hydrogen) atoms. The molecule has 0 heterocycles. The van der Waals surface area contributed by atoms with Crippen LogP contribution in [0, 0.1) is 0 Å². The molecule has 0 saturated heterocycles. The zero-order valence-corrected chi connectivity index (χ0v) is 12.4. The molecular formula is C12H28N2S. The van der Waals surface area contributed by atoms with Crippen LogP contribution in [0.2, 0.25) is 0 Å². The second-order valence-corrected chi connectivity index (χ2v) is 6.96. The Labute approximate surface area is 101 Å². The fourth-order valence-corrected chi connectivity index (χ4v) is 1.25. The Morgan fingerprint density at radius 3 is 1.60 bits per heavy atom. The van der Waals surface area contributed by atoms with E-state index in [2.05, 4.69) is 71.1 Å². The lowest BCUT2D eigenvalue weighted by molar-refractivity contribution is 0.158. The lowest BCUT2D eigenvalue weighted by atomic mass is 10.1. The van der Waals surface area contributed by atoms with Gasteiger partial charge in [-0.1, -0.05) is 0 Å². The van der Waals surface area contributed by atoms with Gasteiger partial charge in [0.2, 0.25) is 0 Å². The monoisotopic (exact) mass is 232 g/mol. The SMILES string of the molecule is CN(CCCN(C)C(C)(C)S)C(C)(C)C. The van der Waals surface area contributed by atoms with Crippen LogP contribution in [0.5, 0.6) is 0 Å². The van der Waals surface area contributed by atoms with Gasteiger partial charge in [-0.15, -0.1) is 0 Å². The van der Waals surface area contributed by atoms with Crippen molar-refractivity contribution in [1.82, 2.24) is 9.80 Å². The Hall–Kier alpha value is 0.270. The largest absolute Gasteiger partial charge is 0.301 e. The van der Waals surface area contributed by atoms with Crippen molar-refractivity contribution >= 4 is 12.6 Å². The van der Waals surface area contributed by atoms with E-state index in [4.69, 9.17) is 0 Å². The molecule has 0 radical (unpaired) electrons. The van der Waals surface area contributed by atoms with Gasteiger partial charge in [0.1, 0.15) is 0 Å². The fraction of sp³-hybridized carbons (Fsp3) is 1.00. The molecule has 2 nitrogen and oxygen atoms in total. The normalized spacial score (nSPS) is 14.0. The van der Waals surface area contributed by atoms with Crippen LogP contribution in [0.15, 0.2) is 0 Å². The van der Waals surface area contributed by atoms with E-state index in [9.17, 15) is 0 Å². The lowest BCUT2D eigenvalue weighted by Gasteiger charge is -2.34. The topological polar surface area (TPSA) is 6.48 Å². The van der Waals surface area contributed by atoms with E-state index in [-0.39, 0.29) is 10.4 Å². The summed E-state index contributed by atoms with van der Waals surface area (Å²) in [5, 5.41) is 0. The van der Waals surface area contributed by atoms with Crippen LogP contribution in [0.3, 0.4) is 0 Å². The quantitative estimate of drug-likeness (QED) is 0.575. The van der Waals surface area contributed by atoms with E-state index < -0.39 is 0 Å².